The maximum absolute atomic E-state index is 13.0. The lowest BCUT2D eigenvalue weighted by atomic mass is 9.93. The Bertz CT molecular complexity index is 650. The number of benzene rings is 1. The van der Waals surface area contributed by atoms with Gasteiger partial charge in [-0.3, -0.25) is 14.4 Å². The average Bonchev–Trinajstić information content (AvgIpc) is 2.64. The maximum Gasteiger partial charge on any atom is 0.249 e. The van der Waals surface area contributed by atoms with E-state index < -0.39 is 6.04 Å². The molecule has 2 aliphatic rings. The maximum atomic E-state index is 13.0. The van der Waals surface area contributed by atoms with Crippen molar-refractivity contribution < 1.29 is 14.4 Å². The van der Waals surface area contributed by atoms with Gasteiger partial charge >= 0.3 is 0 Å². The molecule has 1 N–H and O–H groups in total. The van der Waals surface area contributed by atoms with Crippen molar-refractivity contribution in [1.29, 1.82) is 0 Å². The molecule has 3 rings (SSSR count). The van der Waals surface area contributed by atoms with Crippen LogP contribution in [0.15, 0.2) is 30.3 Å². The van der Waals surface area contributed by atoms with Gasteiger partial charge in [0.15, 0.2) is 0 Å². The molecule has 1 aromatic carbocycles. The number of hydrogen-bond acceptors (Lipinski definition) is 3. The fourth-order valence-corrected chi connectivity index (χ4v) is 3.52. The summed E-state index contributed by atoms with van der Waals surface area (Å²) < 4.78 is 0. The van der Waals surface area contributed by atoms with Gasteiger partial charge in [-0.15, -0.1) is 0 Å². The van der Waals surface area contributed by atoms with Gasteiger partial charge in [-0.1, -0.05) is 37.3 Å². The molecule has 0 spiro atoms. The highest BCUT2D eigenvalue weighted by atomic mass is 16.2. The molecule has 2 aliphatic heterocycles. The summed E-state index contributed by atoms with van der Waals surface area (Å²) in [6, 6.07) is 8.68. The lowest BCUT2D eigenvalue weighted by Crippen LogP contribution is -2.50. The van der Waals surface area contributed by atoms with Gasteiger partial charge in [-0.2, -0.15) is 0 Å². The van der Waals surface area contributed by atoms with Crippen molar-refractivity contribution in [2.75, 3.05) is 26.2 Å². The zero-order valence-electron chi connectivity index (χ0n) is 15.3. The molecule has 0 radical (unpaired) electrons. The zero-order valence-corrected chi connectivity index (χ0v) is 15.3. The summed E-state index contributed by atoms with van der Waals surface area (Å²) >= 11 is 0. The highest BCUT2D eigenvalue weighted by molar-refractivity contribution is 5.89. The summed E-state index contributed by atoms with van der Waals surface area (Å²) in [6.45, 7) is 4.64. The van der Waals surface area contributed by atoms with Gasteiger partial charge in [-0.05, 0) is 24.8 Å². The Kier molecular flexibility index (Phi) is 5.91. The van der Waals surface area contributed by atoms with Crippen LogP contribution < -0.4 is 5.32 Å². The minimum atomic E-state index is -0.661. The number of nitrogens with zero attached hydrogens (tertiary/aromatic N) is 2. The van der Waals surface area contributed by atoms with E-state index in [2.05, 4.69) is 5.32 Å². The van der Waals surface area contributed by atoms with E-state index in [0.717, 1.165) is 25.1 Å². The number of likely N-dealkylation sites (tertiary alicyclic amines) is 2. The van der Waals surface area contributed by atoms with Crippen molar-refractivity contribution in [1.82, 2.24) is 15.1 Å². The minimum absolute atomic E-state index is 0.0276. The third-order valence-corrected chi connectivity index (χ3v) is 5.33. The van der Waals surface area contributed by atoms with Crippen LogP contribution in [0.25, 0.3) is 0 Å². The van der Waals surface area contributed by atoms with E-state index in [1.807, 2.05) is 35.2 Å². The van der Waals surface area contributed by atoms with Crippen LogP contribution in [0.1, 0.15) is 44.2 Å². The molecule has 0 bridgehead atoms. The van der Waals surface area contributed by atoms with Crippen LogP contribution in [0, 0.1) is 5.92 Å². The van der Waals surface area contributed by atoms with Crippen LogP contribution in [-0.4, -0.2) is 53.7 Å². The topological polar surface area (TPSA) is 69.7 Å². The number of rotatable bonds is 5. The Morgan fingerprint density at radius 2 is 1.69 bits per heavy atom. The highest BCUT2D eigenvalue weighted by Crippen LogP contribution is 2.25. The number of carbonyl (C=O) groups excluding carboxylic acids is 3. The molecule has 0 saturated carbocycles. The van der Waals surface area contributed by atoms with Crippen LogP contribution in [0.2, 0.25) is 0 Å². The van der Waals surface area contributed by atoms with Crippen molar-refractivity contribution >= 4 is 17.7 Å². The van der Waals surface area contributed by atoms with Gasteiger partial charge in [0.1, 0.15) is 6.04 Å². The van der Waals surface area contributed by atoms with E-state index in [1.54, 1.807) is 11.8 Å². The summed E-state index contributed by atoms with van der Waals surface area (Å²) in [4.78, 5) is 41.0. The van der Waals surface area contributed by atoms with Gasteiger partial charge in [0, 0.05) is 38.5 Å². The van der Waals surface area contributed by atoms with Crippen LogP contribution in [-0.2, 0) is 14.4 Å². The van der Waals surface area contributed by atoms with Crippen LogP contribution in [0.4, 0.5) is 0 Å². The lowest BCUT2D eigenvalue weighted by molar-refractivity contribution is -0.144. The fourth-order valence-electron chi connectivity index (χ4n) is 3.52. The highest BCUT2D eigenvalue weighted by Gasteiger charge is 2.34. The summed E-state index contributed by atoms with van der Waals surface area (Å²) in [5.41, 5.74) is 0.790. The third kappa shape index (κ3) is 4.06. The second-order valence-corrected chi connectivity index (χ2v) is 7.04. The Morgan fingerprint density at radius 3 is 2.23 bits per heavy atom. The van der Waals surface area contributed by atoms with Crippen molar-refractivity contribution in [2.24, 2.45) is 5.92 Å². The first-order valence-electron chi connectivity index (χ1n) is 9.52. The fraction of sp³-hybridized carbons (Fsp3) is 0.550. The quantitative estimate of drug-likeness (QED) is 0.872. The van der Waals surface area contributed by atoms with Gasteiger partial charge in [0.2, 0.25) is 17.7 Å². The largest absolute Gasteiger partial charge is 0.342 e. The van der Waals surface area contributed by atoms with Crippen molar-refractivity contribution in [3.05, 3.63) is 35.9 Å². The van der Waals surface area contributed by atoms with Crippen LogP contribution in [0.5, 0.6) is 0 Å². The average molecular weight is 357 g/mol. The first-order valence-corrected chi connectivity index (χ1v) is 9.52. The second-order valence-electron chi connectivity index (χ2n) is 7.04. The van der Waals surface area contributed by atoms with Crippen LogP contribution >= 0.6 is 0 Å². The molecule has 1 aromatic rings. The monoisotopic (exact) mass is 357 g/mol. The van der Waals surface area contributed by atoms with Crippen molar-refractivity contribution in [3.63, 3.8) is 0 Å². The molecule has 6 heteroatoms. The molecule has 2 heterocycles. The van der Waals surface area contributed by atoms with E-state index in [-0.39, 0.29) is 23.6 Å². The van der Waals surface area contributed by atoms with Gasteiger partial charge < -0.3 is 15.1 Å². The molecule has 26 heavy (non-hydrogen) atoms. The molecule has 6 nitrogen and oxygen atoms in total. The van der Waals surface area contributed by atoms with E-state index in [9.17, 15) is 14.4 Å². The van der Waals surface area contributed by atoms with Gasteiger partial charge in [0.25, 0.3) is 0 Å². The molecule has 140 valence electrons. The standard InChI is InChI=1S/C20H27N3O3/c1-2-17(24)21-18(15-7-4-3-5-8-15)20(26)23-13-9-16(10-14-23)19(25)22-11-6-12-22/h3-5,7-8,16,18H,2,6,9-14H2,1H3,(H,21,24). The van der Waals surface area contributed by atoms with Crippen molar-refractivity contribution in [2.45, 2.75) is 38.6 Å². The van der Waals surface area contributed by atoms with E-state index in [1.165, 1.54) is 0 Å². The molecular weight excluding hydrogens is 330 g/mol. The Labute approximate surface area is 154 Å². The SMILES string of the molecule is CCC(=O)NC(C(=O)N1CCC(C(=O)N2CCC2)CC1)c1ccccc1. The lowest BCUT2D eigenvalue weighted by Gasteiger charge is -2.38. The second kappa shape index (κ2) is 8.34. The molecule has 1 unspecified atom stereocenters. The van der Waals surface area contributed by atoms with E-state index >= 15 is 0 Å². The number of hydrogen-bond donors (Lipinski definition) is 1. The predicted molar refractivity (Wildman–Crippen MR) is 98.1 cm³/mol. The Morgan fingerprint density at radius 1 is 1.04 bits per heavy atom. The molecule has 0 aromatic heterocycles. The summed E-state index contributed by atoms with van der Waals surface area (Å²) in [5.74, 6) is 0.0323. The summed E-state index contributed by atoms with van der Waals surface area (Å²) in [6.07, 6.45) is 2.83. The van der Waals surface area contributed by atoms with Gasteiger partial charge in [0.05, 0.1) is 0 Å². The molecule has 1 atom stereocenters. The summed E-state index contributed by atoms with van der Waals surface area (Å²) in [5, 5.41) is 2.85. The molecule has 2 fully saturated rings. The predicted octanol–water partition coefficient (Wildman–Crippen LogP) is 1.72. The number of nitrogens with one attached hydrogen (secondary N) is 1. The molecular formula is C20H27N3O3. The molecule has 0 aliphatic carbocycles. The normalized spacial score (nSPS) is 18.8. The minimum Gasteiger partial charge on any atom is -0.342 e. The Hall–Kier alpha value is -2.37. The van der Waals surface area contributed by atoms with E-state index in [4.69, 9.17) is 0 Å². The van der Waals surface area contributed by atoms with Crippen LogP contribution in [0.3, 0.4) is 0 Å². The van der Waals surface area contributed by atoms with Gasteiger partial charge in [-0.25, -0.2) is 0 Å². The Balaban J connectivity index is 1.64. The first-order chi connectivity index (χ1) is 12.6. The van der Waals surface area contributed by atoms with E-state index in [0.29, 0.717) is 32.4 Å². The zero-order chi connectivity index (χ0) is 18.5. The molecule has 3 amide bonds. The number of carbonyl (C=O) groups is 3. The van der Waals surface area contributed by atoms with Crippen molar-refractivity contribution in [3.8, 4) is 0 Å². The summed E-state index contributed by atoms with van der Waals surface area (Å²) in [7, 11) is 0. The third-order valence-electron chi connectivity index (χ3n) is 5.33. The molecule has 2 saturated heterocycles. The number of amides is 3. The first kappa shape index (κ1) is 18.4. The number of piperidine rings is 1. The smallest absolute Gasteiger partial charge is 0.249 e.